The zero-order chi connectivity index (χ0) is 13.1. The van der Waals surface area contributed by atoms with Crippen molar-refractivity contribution >= 4 is 16.7 Å². The highest BCUT2D eigenvalue weighted by atomic mass is 32.2. The molecule has 94 valence electrons. The first-order valence-electron chi connectivity index (χ1n) is 5.91. The molecule has 1 atom stereocenters. The lowest BCUT2D eigenvalue weighted by Gasteiger charge is -2.19. The van der Waals surface area contributed by atoms with Crippen molar-refractivity contribution in [3.63, 3.8) is 0 Å². The van der Waals surface area contributed by atoms with Gasteiger partial charge in [0.1, 0.15) is 0 Å². The molecule has 0 aromatic heterocycles. The maximum Gasteiger partial charge on any atom is 0.172 e. The molecule has 1 aromatic rings. The zero-order valence-electron chi connectivity index (χ0n) is 11.3. The van der Waals surface area contributed by atoms with E-state index in [9.17, 15) is 4.21 Å². The van der Waals surface area contributed by atoms with E-state index in [0.717, 1.165) is 17.0 Å². The molecule has 17 heavy (non-hydrogen) atoms. The van der Waals surface area contributed by atoms with Gasteiger partial charge < -0.3 is 0 Å². The summed E-state index contributed by atoms with van der Waals surface area (Å²) < 4.78 is 16.5. The van der Waals surface area contributed by atoms with Crippen molar-refractivity contribution in [3.8, 4) is 0 Å². The molecule has 0 radical (unpaired) electrons. The van der Waals surface area contributed by atoms with Crippen LogP contribution in [0, 0.1) is 12.3 Å². The van der Waals surface area contributed by atoms with E-state index >= 15 is 0 Å². The summed E-state index contributed by atoms with van der Waals surface area (Å²) in [5, 5.41) is 0. The third-order valence-corrected chi connectivity index (χ3v) is 3.68. The van der Waals surface area contributed by atoms with Crippen molar-refractivity contribution in [2.75, 3.05) is 0 Å². The monoisotopic (exact) mass is 251 g/mol. The first-order valence-corrected chi connectivity index (χ1v) is 7.02. The van der Waals surface area contributed by atoms with Crippen LogP contribution in [-0.4, -0.2) is 9.92 Å². The minimum Gasteiger partial charge on any atom is -0.229 e. The lowest BCUT2D eigenvalue weighted by Crippen LogP contribution is -2.20. The third kappa shape index (κ3) is 4.08. The summed E-state index contributed by atoms with van der Waals surface area (Å²) in [6, 6.07) is 7.69. The van der Waals surface area contributed by atoms with Crippen molar-refractivity contribution in [1.82, 2.24) is 0 Å². The van der Waals surface area contributed by atoms with E-state index in [2.05, 4.69) is 32.1 Å². The number of hydrogen-bond donors (Lipinski definition) is 0. The lowest BCUT2D eigenvalue weighted by atomic mass is 9.89. The van der Waals surface area contributed by atoms with E-state index in [-0.39, 0.29) is 5.41 Å². The molecule has 1 aromatic carbocycles. The molecule has 0 amide bonds. The first kappa shape index (κ1) is 14.1. The highest BCUT2D eigenvalue weighted by Gasteiger charge is 2.18. The van der Waals surface area contributed by atoms with Crippen LogP contribution in [-0.2, 0) is 11.0 Å². The summed E-state index contributed by atoms with van der Waals surface area (Å²) in [5.41, 5.74) is 2.15. The van der Waals surface area contributed by atoms with Crippen molar-refractivity contribution in [1.29, 1.82) is 0 Å². The van der Waals surface area contributed by atoms with Gasteiger partial charge in [-0.05, 0) is 25.5 Å². The Morgan fingerprint density at radius 2 is 1.76 bits per heavy atom. The Labute approximate surface area is 107 Å². The fraction of sp³-hybridized carbons (Fsp3) is 0.500. The van der Waals surface area contributed by atoms with Gasteiger partial charge in [0.15, 0.2) is 11.0 Å². The Hall–Kier alpha value is -0.960. The molecular weight excluding hydrogens is 230 g/mol. The molecular formula is C14H21NOS. The molecule has 0 saturated heterocycles. The van der Waals surface area contributed by atoms with Gasteiger partial charge in [0.25, 0.3) is 0 Å². The second kappa shape index (κ2) is 5.58. The smallest absolute Gasteiger partial charge is 0.172 e. The van der Waals surface area contributed by atoms with Crippen LogP contribution in [0.5, 0.6) is 0 Å². The van der Waals surface area contributed by atoms with Crippen LogP contribution in [0.2, 0.25) is 0 Å². The molecule has 0 aliphatic carbocycles. The van der Waals surface area contributed by atoms with E-state index < -0.39 is 11.0 Å². The van der Waals surface area contributed by atoms with Crippen LogP contribution in [0.4, 0.5) is 0 Å². The summed E-state index contributed by atoms with van der Waals surface area (Å²) in [6.45, 7) is 10.4. The van der Waals surface area contributed by atoms with Crippen LogP contribution in [0.1, 0.15) is 39.7 Å². The number of benzene rings is 1. The van der Waals surface area contributed by atoms with Crippen LogP contribution in [0.25, 0.3) is 0 Å². The van der Waals surface area contributed by atoms with Crippen LogP contribution in [0.3, 0.4) is 0 Å². The fourth-order valence-corrected chi connectivity index (χ4v) is 2.62. The summed E-state index contributed by atoms with van der Waals surface area (Å²) in [5.74, 6) is 0. The van der Waals surface area contributed by atoms with Crippen molar-refractivity contribution < 1.29 is 4.21 Å². The largest absolute Gasteiger partial charge is 0.229 e. The second-order valence-corrected chi connectivity index (χ2v) is 6.36. The van der Waals surface area contributed by atoms with Gasteiger partial charge >= 0.3 is 0 Å². The van der Waals surface area contributed by atoms with Crippen LogP contribution < -0.4 is 0 Å². The summed E-state index contributed by atoms with van der Waals surface area (Å²) in [6.07, 6.45) is 0.834. The fourth-order valence-electron chi connectivity index (χ4n) is 1.54. The van der Waals surface area contributed by atoms with Gasteiger partial charge in [-0.25, -0.2) is 4.21 Å². The van der Waals surface area contributed by atoms with E-state index in [4.69, 9.17) is 0 Å². The second-order valence-electron chi connectivity index (χ2n) is 5.20. The van der Waals surface area contributed by atoms with E-state index in [1.807, 2.05) is 31.2 Å². The van der Waals surface area contributed by atoms with Crippen LogP contribution in [0.15, 0.2) is 33.6 Å². The minimum absolute atomic E-state index is 0.0187. The first-order chi connectivity index (χ1) is 7.84. The molecule has 2 nitrogen and oxygen atoms in total. The van der Waals surface area contributed by atoms with Gasteiger partial charge in [0.2, 0.25) is 0 Å². The van der Waals surface area contributed by atoms with Gasteiger partial charge in [-0.15, -0.1) is 0 Å². The Morgan fingerprint density at radius 1 is 1.24 bits per heavy atom. The molecule has 0 heterocycles. The molecule has 0 bridgehead atoms. The summed E-state index contributed by atoms with van der Waals surface area (Å²) >= 11 is 0. The van der Waals surface area contributed by atoms with Gasteiger partial charge in [-0.3, -0.25) is 0 Å². The standard InChI is InChI=1S/C14H21NOS/c1-6-13(14(3,4)5)15-17(16)12-9-7-11(2)8-10-12/h7-10H,6H2,1-5H3/b15-13+/t17-/m0/s1. The average molecular weight is 251 g/mol. The number of aryl methyl sites for hydroxylation is 1. The molecule has 0 N–H and O–H groups in total. The molecule has 1 rings (SSSR count). The van der Waals surface area contributed by atoms with Gasteiger partial charge in [-0.2, -0.15) is 4.40 Å². The molecule has 0 fully saturated rings. The summed E-state index contributed by atoms with van der Waals surface area (Å²) in [7, 11) is -1.28. The number of hydrogen-bond acceptors (Lipinski definition) is 1. The quantitative estimate of drug-likeness (QED) is 0.749. The molecule has 0 unspecified atom stereocenters. The topological polar surface area (TPSA) is 29.4 Å². The van der Waals surface area contributed by atoms with Gasteiger partial charge in [-0.1, -0.05) is 45.4 Å². The maximum atomic E-state index is 12.1. The Balaban J connectivity index is 2.98. The Morgan fingerprint density at radius 3 is 2.18 bits per heavy atom. The molecule has 0 spiro atoms. The predicted molar refractivity (Wildman–Crippen MR) is 74.8 cm³/mol. The highest BCUT2D eigenvalue weighted by Crippen LogP contribution is 2.20. The van der Waals surface area contributed by atoms with E-state index in [1.54, 1.807) is 0 Å². The van der Waals surface area contributed by atoms with Crippen molar-refractivity contribution in [2.45, 2.75) is 45.9 Å². The van der Waals surface area contributed by atoms with E-state index in [1.165, 1.54) is 5.56 Å². The minimum atomic E-state index is -1.28. The Kier molecular flexibility index (Phi) is 4.63. The normalized spacial score (nSPS) is 14.8. The van der Waals surface area contributed by atoms with Gasteiger partial charge in [0.05, 0.1) is 4.90 Å². The zero-order valence-corrected chi connectivity index (χ0v) is 12.1. The molecule has 3 heteroatoms. The highest BCUT2D eigenvalue weighted by molar-refractivity contribution is 7.83. The third-order valence-electron chi connectivity index (χ3n) is 2.62. The van der Waals surface area contributed by atoms with Crippen molar-refractivity contribution in [3.05, 3.63) is 29.8 Å². The predicted octanol–water partition coefficient (Wildman–Crippen LogP) is 3.91. The summed E-state index contributed by atoms with van der Waals surface area (Å²) in [4.78, 5) is 0.769. The lowest BCUT2D eigenvalue weighted by molar-refractivity contribution is 0.580. The Bertz CT molecular complexity index is 427. The number of rotatable bonds is 3. The molecule has 0 aliphatic heterocycles. The van der Waals surface area contributed by atoms with Gasteiger partial charge in [0, 0.05) is 11.1 Å². The van der Waals surface area contributed by atoms with E-state index in [0.29, 0.717) is 0 Å². The average Bonchev–Trinajstić information content (AvgIpc) is 2.24. The molecule has 0 saturated carbocycles. The SMILES string of the molecule is CC/C(=N\[S@@](=O)c1ccc(C)cc1)C(C)(C)C. The maximum absolute atomic E-state index is 12.1. The molecule has 0 aliphatic rings. The van der Waals surface area contributed by atoms with Crippen LogP contribution >= 0.6 is 0 Å². The van der Waals surface area contributed by atoms with Crippen molar-refractivity contribution in [2.24, 2.45) is 9.81 Å². The number of nitrogens with zero attached hydrogens (tertiary/aromatic N) is 1.